The Morgan fingerprint density at radius 3 is 2.72 bits per heavy atom. The largest absolute Gasteiger partial charge is 0.478 e. The fourth-order valence-electron chi connectivity index (χ4n) is 1.31. The first-order valence-corrected chi connectivity index (χ1v) is 5.93. The van der Waals surface area contributed by atoms with Crippen LogP contribution in [-0.2, 0) is 5.75 Å². The van der Waals surface area contributed by atoms with Crippen molar-refractivity contribution in [2.75, 3.05) is 0 Å². The lowest BCUT2D eigenvalue weighted by Gasteiger charge is -2.01. The molecule has 94 valence electrons. The first-order chi connectivity index (χ1) is 8.56. The second-order valence-corrected chi connectivity index (χ2v) is 4.49. The highest BCUT2D eigenvalue weighted by atomic mass is 32.2. The van der Waals surface area contributed by atoms with Crippen LogP contribution in [0.1, 0.15) is 16.1 Å². The summed E-state index contributed by atoms with van der Waals surface area (Å²) < 4.78 is 31.0. The summed E-state index contributed by atoms with van der Waals surface area (Å²) in [5.41, 5.74) is 0.0465. The maximum atomic E-state index is 13.3. The molecule has 0 atom stereocenters. The third kappa shape index (κ3) is 2.89. The van der Waals surface area contributed by atoms with E-state index in [0.717, 1.165) is 30.2 Å². The summed E-state index contributed by atoms with van der Waals surface area (Å²) in [6.45, 7) is 0. The lowest BCUT2D eigenvalue weighted by molar-refractivity contribution is 0.0696. The van der Waals surface area contributed by atoms with Gasteiger partial charge >= 0.3 is 5.97 Å². The topological polar surface area (TPSA) is 50.4 Å². The van der Waals surface area contributed by atoms with Crippen molar-refractivity contribution < 1.29 is 23.1 Å². The van der Waals surface area contributed by atoms with Crippen LogP contribution in [0.4, 0.5) is 8.78 Å². The van der Waals surface area contributed by atoms with Crippen molar-refractivity contribution in [1.29, 1.82) is 0 Å². The fraction of sp³-hybridized carbons (Fsp3) is 0.0833. The Hall–Kier alpha value is -1.82. The highest BCUT2D eigenvalue weighted by Crippen LogP contribution is 2.26. The zero-order valence-electron chi connectivity index (χ0n) is 9.02. The van der Waals surface area contributed by atoms with Gasteiger partial charge in [-0.05, 0) is 18.2 Å². The van der Waals surface area contributed by atoms with Gasteiger partial charge < -0.3 is 9.52 Å². The maximum absolute atomic E-state index is 13.3. The fourth-order valence-corrected chi connectivity index (χ4v) is 2.12. The number of carbonyl (C=O) groups is 1. The molecule has 1 aromatic carbocycles. The molecule has 18 heavy (non-hydrogen) atoms. The van der Waals surface area contributed by atoms with Crippen molar-refractivity contribution >= 4 is 17.7 Å². The number of aromatic carboxylic acids is 1. The molecule has 0 saturated heterocycles. The van der Waals surface area contributed by atoms with E-state index in [1.54, 1.807) is 0 Å². The van der Waals surface area contributed by atoms with Crippen LogP contribution < -0.4 is 0 Å². The molecule has 2 aromatic rings. The van der Waals surface area contributed by atoms with Gasteiger partial charge in [0.15, 0.2) is 0 Å². The first kappa shape index (κ1) is 12.6. The molecule has 0 unspecified atom stereocenters. The standard InChI is InChI=1S/C12H8F2O3S/c13-8-1-2-11(10(14)4-8)18-6-9-3-7(5-17-9)12(15)16/h1-5H,6H2,(H,15,16). The van der Waals surface area contributed by atoms with Crippen molar-refractivity contribution in [2.45, 2.75) is 10.6 Å². The SMILES string of the molecule is O=C(O)c1coc(CSc2ccc(F)cc2F)c1. The van der Waals surface area contributed by atoms with Crippen molar-refractivity contribution in [3.05, 3.63) is 53.5 Å². The number of halogens is 2. The Balaban J connectivity index is 2.04. The predicted molar refractivity (Wildman–Crippen MR) is 61.6 cm³/mol. The summed E-state index contributed by atoms with van der Waals surface area (Å²) in [4.78, 5) is 10.9. The van der Waals surface area contributed by atoms with Crippen LogP contribution in [0.25, 0.3) is 0 Å². The van der Waals surface area contributed by atoms with Gasteiger partial charge in [-0.25, -0.2) is 13.6 Å². The van der Waals surface area contributed by atoms with E-state index in [9.17, 15) is 13.6 Å². The number of furan rings is 1. The summed E-state index contributed by atoms with van der Waals surface area (Å²) >= 11 is 1.11. The molecule has 0 radical (unpaired) electrons. The van der Waals surface area contributed by atoms with Crippen LogP contribution in [-0.4, -0.2) is 11.1 Å². The second kappa shape index (κ2) is 5.22. The zero-order chi connectivity index (χ0) is 13.1. The Morgan fingerprint density at radius 2 is 2.11 bits per heavy atom. The normalized spacial score (nSPS) is 10.6. The molecule has 0 spiro atoms. The van der Waals surface area contributed by atoms with Gasteiger partial charge in [-0.1, -0.05) is 0 Å². The zero-order valence-corrected chi connectivity index (χ0v) is 9.84. The number of benzene rings is 1. The van der Waals surface area contributed by atoms with Gasteiger partial charge in [-0.3, -0.25) is 0 Å². The predicted octanol–water partition coefficient (Wildman–Crippen LogP) is 3.55. The van der Waals surface area contributed by atoms with Crippen molar-refractivity contribution in [3.8, 4) is 0 Å². The molecular weight excluding hydrogens is 262 g/mol. The van der Waals surface area contributed by atoms with Gasteiger partial charge in [0, 0.05) is 11.0 Å². The number of hydrogen-bond acceptors (Lipinski definition) is 3. The molecule has 3 nitrogen and oxygen atoms in total. The van der Waals surface area contributed by atoms with Crippen LogP contribution in [0.5, 0.6) is 0 Å². The van der Waals surface area contributed by atoms with E-state index in [1.807, 2.05) is 0 Å². The van der Waals surface area contributed by atoms with E-state index in [0.29, 0.717) is 5.76 Å². The highest BCUT2D eigenvalue weighted by Gasteiger charge is 2.10. The molecule has 0 fully saturated rings. The van der Waals surface area contributed by atoms with Gasteiger partial charge in [-0.2, -0.15) is 0 Å². The van der Waals surface area contributed by atoms with Crippen molar-refractivity contribution in [3.63, 3.8) is 0 Å². The molecule has 1 N–H and O–H groups in total. The average Bonchev–Trinajstić information content (AvgIpc) is 2.76. The Morgan fingerprint density at radius 1 is 1.33 bits per heavy atom. The quantitative estimate of drug-likeness (QED) is 0.863. The minimum Gasteiger partial charge on any atom is -0.478 e. The van der Waals surface area contributed by atoms with Crippen LogP contribution in [0.3, 0.4) is 0 Å². The summed E-state index contributed by atoms with van der Waals surface area (Å²) in [6.07, 6.45) is 1.12. The smallest absolute Gasteiger partial charge is 0.338 e. The summed E-state index contributed by atoms with van der Waals surface area (Å²) in [5.74, 6) is -1.67. The van der Waals surface area contributed by atoms with E-state index < -0.39 is 17.6 Å². The number of rotatable bonds is 4. The molecule has 0 amide bonds. The van der Waals surface area contributed by atoms with Crippen LogP contribution in [0.2, 0.25) is 0 Å². The van der Waals surface area contributed by atoms with Gasteiger partial charge in [0.05, 0.1) is 11.3 Å². The van der Waals surface area contributed by atoms with E-state index >= 15 is 0 Å². The van der Waals surface area contributed by atoms with Crippen LogP contribution in [0, 0.1) is 11.6 Å². The molecule has 0 saturated carbocycles. The number of hydrogen-bond donors (Lipinski definition) is 1. The lowest BCUT2D eigenvalue weighted by Crippen LogP contribution is -1.91. The van der Waals surface area contributed by atoms with Gasteiger partial charge in [0.1, 0.15) is 23.7 Å². The van der Waals surface area contributed by atoms with Gasteiger partial charge in [-0.15, -0.1) is 11.8 Å². The molecule has 1 aromatic heterocycles. The summed E-state index contributed by atoms with van der Waals surface area (Å²) in [6, 6.07) is 4.66. The third-order valence-electron chi connectivity index (χ3n) is 2.16. The maximum Gasteiger partial charge on any atom is 0.338 e. The van der Waals surface area contributed by atoms with E-state index in [-0.39, 0.29) is 16.2 Å². The number of carboxylic acids is 1. The average molecular weight is 270 g/mol. The Labute approximate surface area is 105 Å². The molecule has 1 heterocycles. The van der Waals surface area contributed by atoms with E-state index in [2.05, 4.69) is 0 Å². The number of carboxylic acid groups (broad SMARTS) is 1. The van der Waals surface area contributed by atoms with Crippen LogP contribution in [0.15, 0.2) is 39.8 Å². The minimum atomic E-state index is -1.08. The molecule has 2 rings (SSSR count). The molecular formula is C12H8F2O3S. The lowest BCUT2D eigenvalue weighted by atomic mass is 10.3. The van der Waals surface area contributed by atoms with Crippen molar-refractivity contribution in [2.24, 2.45) is 0 Å². The first-order valence-electron chi connectivity index (χ1n) is 4.95. The van der Waals surface area contributed by atoms with Crippen molar-refractivity contribution in [1.82, 2.24) is 0 Å². The van der Waals surface area contributed by atoms with Crippen LogP contribution >= 0.6 is 11.8 Å². The second-order valence-electron chi connectivity index (χ2n) is 3.47. The Kier molecular flexibility index (Phi) is 3.66. The monoisotopic (exact) mass is 270 g/mol. The molecule has 0 aliphatic carbocycles. The minimum absolute atomic E-state index is 0.0465. The van der Waals surface area contributed by atoms with E-state index in [4.69, 9.17) is 9.52 Å². The van der Waals surface area contributed by atoms with Gasteiger partial charge in [0.25, 0.3) is 0 Å². The van der Waals surface area contributed by atoms with Gasteiger partial charge in [0.2, 0.25) is 0 Å². The molecule has 0 aliphatic heterocycles. The summed E-state index contributed by atoms with van der Waals surface area (Å²) in [5, 5.41) is 8.69. The molecule has 6 heteroatoms. The molecule has 0 aliphatic rings. The number of thioether (sulfide) groups is 1. The highest BCUT2D eigenvalue weighted by molar-refractivity contribution is 7.98. The third-order valence-corrected chi connectivity index (χ3v) is 3.24. The molecule has 0 bridgehead atoms. The Bertz CT molecular complexity index is 580. The van der Waals surface area contributed by atoms with E-state index in [1.165, 1.54) is 12.1 Å². The summed E-state index contributed by atoms with van der Waals surface area (Å²) in [7, 11) is 0.